The van der Waals surface area contributed by atoms with Crippen LogP contribution >= 0.6 is 0 Å². The average Bonchev–Trinajstić information content (AvgIpc) is 2.97. The molecule has 0 bridgehead atoms. The SMILES string of the molecule is Cc1ccc(C(=O)CCC(=O)NCCn2c(=O)[nH]c3ccccc32)cc1C. The molecule has 1 heterocycles. The Morgan fingerprint density at radius 2 is 1.81 bits per heavy atom. The molecule has 27 heavy (non-hydrogen) atoms. The number of Topliss-reactive ketones (excluding diaryl/α,β-unsaturated/α-hetero) is 1. The molecule has 6 nitrogen and oxygen atoms in total. The molecule has 1 amide bonds. The van der Waals surface area contributed by atoms with Crippen LogP contribution in [0, 0.1) is 13.8 Å². The van der Waals surface area contributed by atoms with E-state index < -0.39 is 0 Å². The number of carbonyl (C=O) groups is 2. The molecule has 0 spiro atoms. The Hall–Kier alpha value is -3.15. The van der Waals surface area contributed by atoms with Crippen molar-refractivity contribution in [1.82, 2.24) is 14.9 Å². The maximum absolute atomic E-state index is 12.2. The number of nitrogens with zero attached hydrogens (tertiary/aromatic N) is 1. The van der Waals surface area contributed by atoms with E-state index in [1.54, 1.807) is 10.6 Å². The number of carbonyl (C=O) groups excluding carboxylic acids is 2. The van der Waals surface area contributed by atoms with E-state index in [1.165, 1.54) is 0 Å². The number of ketones is 1. The third-order valence-corrected chi connectivity index (χ3v) is 4.75. The van der Waals surface area contributed by atoms with Crippen molar-refractivity contribution in [3.63, 3.8) is 0 Å². The van der Waals surface area contributed by atoms with E-state index in [-0.39, 0.29) is 30.2 Å². The third-order valence-electron chi connectivity index (χ3n) is 4.75. The van der Waals surface area contributed by atoms with Gasteiger partial charge in [0.1, 0.15) is 0 Å². The van der Waals surface area contributed by atoms with Crippen molar-refractivity contribution in [3.05, 3.63) is 69.6 Å². The molecular formula is C21H23N3O3. The van der Waals surface area contributed by atoms with E-state index in [9.17, 15) is 14.4 Å². The van der Waals surface area contributed by atoms with Crippen molar-refractivity contribution in [2.45, 2.75) is 33.2 Å². The van der Waals surface area contributed by atoms with Gasteiger partial charge in [-0.25, -0.2) is 4.79 Å². The summed E-state index contributed by atoms with van der Waals surface area (Å²) in [6.45, 7) is 4.67. The predicted octanol–water partition coefficient (Wildman–Crippen LogP) is 2.73. The maximum Gasteiger partial charge on any atom is 0.326 e. The van der Waals surface area contributed by atoms with Crippen LogP contribution in [-0.4, -0.2) is 27.8 Å². The summed E-state index contributed by atoms with van der Waals surface area (Å²) in [4.78, 5) is 39.0. The topological polar surface area (TPSA) is 84.0 Å². The van der Waals surface area contributed by atoms with Crippen LogP contribution in [0.4, 0.5) is 0 Å². The van der Waals surface area contributed by atoms with Crippen LogP contribution < -0.4 is 11.0 Å². The van der Waals surface area contributed by atoms with Gasteiger partial charge < -0.3 is 10.3 Å². The number of rotatable bonds is 7. The summed E-state index contributed by atoms with van der Waals surface area (Å²) in [5.74, 6) is -0.235. The first-order chi connectivity index (χ1) is 13.0. The van der Waals surface area contributed by atoms with Gasteiger partial charge in [0.2, 0.25) is 5.91 Å². The summed E-state index contributed by atoms with van der Waals surface area (Å²) >= 11 is 0. The third kappa shape index (κ3) is 4.34. The number of nitrogens with one attached hydrogen (secondary N) is 2. The Labute approximate surface area is 157 Å². The Morgan fingerprint density at radius 3 is 2.59 bits per heavy atom. The molecule has 0 fully saturated rings. The molecule has 6 heteroatoms. The van der Waals surface area contributed by atoms with E-state index in [0.717, 1.165) is 22.2 Å². The molecule has 0 saturated heterocycles. The minimum atomic E-state index is -0.199. The lowest BCUT2D eigenvalue weighted by Gasteiger charge is -2.07. The Bertz CT molecular complexity index is 1050. The first-order valence-corrected chi connectivity index (χ1v) is 9.00. The van der Waals surface area contributed by atoms with E-state index in [0.29, 0.717) is 18.7 Å². The largest absolute Gasteiger partial charge is 0.354 e. The molecule has 3 rings (SSSR count). The molecule has 0 aliphatic heterocycles. The lowest BCUT2D eigenvalue weighted by Crippen LogP contribution is -2.30. The summed E-state index contributed by atoms with van der Waals surface area (Å²) in [7, 11) is 0. The smallest absolute Gasteiger partial charge is 0.326 e. The van der Waals surface area contributed by atoms with Gasteiger partial charge in [0.25, 0.3) is 0 Å². The monoisotopic (exact) mass is 365 g/mol. The van der Waals surface area contributed by atoms with Gasteiger partial charge in [0.05, 0.1) is 11.0 Å². The van der Waals surface area contributed by atoms with Crippen molar-refractivity contribution in [2.24, 2.45) is 0 Å². The Morgan fingerprint density at radius 1 is 1.04 bits per heavy atom. The number of benzene rings is 2. The summed E-state index contributed by atoms with van der Waals surface area (Å²) < 4.78 is 1.59. The zero-order chi connectivity index (χ0) is 19.4. The second-order valence-electron chi connectivity index (χ2n) is 6.67. The predicted molar refractivity (Wildman–Crippen MR) is 105 cm³/mol. The molecule has 0 aliphatic carbocycles. The van der Waals surface area contributed by atoms with Gasteiger partial charge >= 0.3 is 5.69 Å². The lowest BCUT2D eigenvalue weighted by molar-refractivity contribution is -0.121. The Balaban J connectivity index is 1.49. The summed E-state index contributed by atoms with van der Waals surface area (Å²) in [5.41, 5.74) is 4.22. The number of hydrogen-bond acceptors (Lipinski definition) is 3. The molecule has 0 radical (unpaired) electrons. The number of amides is 1. The minimum Gasteiger partial charge on any atom is -0.354 e. The van der Waals surface area contributed by atoms with Crippen molar-refractivity contribution < 1.29 is 9.59 Å². The van der Waals surface area contributed by atoms with Crippen LogP contribution in [0.2, 0.25) is 0 Å². The number of H-pyrrole nitrogens is 1. The number of hydrogen-bond donors (Lipinski definition) is 2. The number of aryl methyl sites for hydroxylation is 2. The fourth-order valence-corrected chi connectivity index (χ4v) is 3.01. The minimum absolute atomic E-state index is 0.0406. The molecule has 0 unspecified atom stereocenters. The van der Waals surface area contributed by atoms with Gasteiger partial charge in [0, 0.05) is 31.5 Å². The van der Waals surface area contributed by atoms with Crippen molar-refractivity contribution in [3.8, 4) is 0 Å². The molecule has 140 valence electrons. The van der Waals surface area contributed by atoms with Gasteiger partial charge in [-0.2, -0.15) is 0 Å². The van der Waals surface area contributed by atoms with Gasteiger partial charge in [-0.15, -0.1) is 0 Å². The highest BCUT2D eigenvalue weighted by molar-refractivity contribution is 5.98. The average molecular weight is 365 g/mol. The zero-order valence-corrected chi connectivity index (χ0v) is 15.5. The number of fused-ring (bicyclic) bond motifs is 1. The molecule has 1 aromatic heterocycles. The molecule has 2 N–H and O–H groups in total. The molecule has 3 aromatic rings. The normalized spacial score (nSPS) is 10.9. The second-order valence-corrected chi connectivity index (χ2v) is 6.67. The van der Waals surface area contributed by atoms with Crippen LogP contribution in [0.1, 0.15) is 34.3 Å². The van der Waals surface area contributed by atoms with E-state index in [4.69, 9.17) is 0 Å². The highest BCUT2D eigenvalue weighted by Crippen LogP contribution is 2.12. The second kappa shape index (κ2) is 8.03. The van der Waals surface area contributed by atoms with Crippen molar-refractivity contribution in [2.75, 3.05) is 6.54 Å². The Kier molecular flexibility index (Phi) is 5.54. The molecule has 0 atom stereocenters. The van der Waals surface area contributed by atoms with Crippen molar-refractivity contribution >= 4 is 22.7 Å². The first-order valence-electron chi connectivity index (χ1n) is 9.00. The number of aromatic nitrogens is 2. The van der Waals surface area contributed by atoms with Crippen LogP contribution in [0.3, 0.4) is 0 Å². The highest BCUT2D eigenvalue weighted by atomic mass is 16.2. The van der Waals surface area contributed by atoms with Crippen LogP contribution in [0.25, 0.3) is 11.0 Å². The number of para-hydroxylation sites is 2. The first kappa shape index (κ1) is 18.6. The number of imidazole rings is 1. The maximum atomic E-state index is 12.2. The van der Waals surface area contributed by atoms with E-state index in [1.807, 2.05) is 50.2 Å². The van der Waals surface area contributed by atoms with Gasteiger partial charge in [-0.05, 0) is 43.2 Å². The van der Waals surface area contributed by atoms with Crippen LogP contribution in [-0.2, 0) is 11.3 Å². The van der Waals surface area contributed by atoms with E-state index in [2.05, 4.69) is 10.3 Å². The van der Waals surface area contributed by atoms with Gasteiger partial charge in [-0.3, -0.25) is 14.2 Å². The highest BCUT2D eigenvalue weighted by Gasteiger charge is 2.11. The fraction of sp³-hybridized carbons (Fsp3) is 0.286. The quantitative estimate of drug-likeness (QED) is 0.632. The standard InChI is InChI=1S/C21H23N3O3/c1-14-7-8-16(13-15(14)2)19(25)9-10-20(26)22-11-12-24-18-6-4-3-5-17(18)23-21(24)27/h3-8,13H,9-12H2,1-2H3,(H,22,26)(H,23,27). The van der Waals surface area contributed by atoms with Crippen LogP contribution in [0.5, 0.6) is 0 Å². The van der Waals surface area contributed by atoms with Crippen molar-refractivity contribution in [1.29, 1.82) is 0 Å². The molecular weight excluding hydrogens is 342 g/mol. The lowest BCUT2D eigenvalue weighted by atomic mass is 10.0. The van der Waals surface area contributed by atoms with Gasteiger partial charge in [-0.1, -0.05) is 24.3 Å². The summed E-state index contributed by atoms with van der Waals surface area (Å²) in [6, 6.07) is 13.0. The number of aromatic amines is 1. The fourth-order valence-electron chi connectivity index (χ4n) is 3.01. The summed E-state index contributed by atoms with van der Waals surface area (Å²) in [5, 5.41) is 2.78. The van der Waals surface area contributed by atoms with Gasteiger partial charge in [0.15, 0.2) is 5.78 Å². The van der Waals surface area contributed by atoms with E-state index >= 15 is 0 Å². The zero-order valence-electron chi connectivity index (χ0n) is 15.5. The van der Waals surface area contributed by atoms with Crippen LogP contribution in [0.15, 0.2) is 47.3 Å². The summed E-state index contributed by atoms with van der Waals surface area (Å²) in [6.07, 6.45) is 0.301. The molecule has 2 aromatic carbocycles. The molecule has 0 saturated carbocycles. The molecule has 0 aliphatic rings.